The molecule has 0 unspecified atom stereocenters. The van der Waals surface area contributed by atoms with E-state index in [1.807, 2.05) is 12.1 Å². The number of hydrogen-bond donors (Lipinski definition) is 1. The van der Waals surface area contributed by atoms with Crippen LogP contribution in [-0.4, -0.2) is 51.4 Å². The zero-order valence-corrected chi connectivity index (χ0v) is 15.6. The lowest BCUT2D eigenvalue weighted by Crippen LogP contribution is -3.14. The summed E-state index contributed by atoms with van der Waals surface area (Å²) < 4.78 is 7.17. The molecule has 0 bridgehead atoms. The molecular formula is C18H18ClN6O3+. The number of hydrogen-bond acceptors (Lipinski definition) is 6. The van der Waals surface area contributed by atoms with E-state index in [0.29, 0.717) is 24.1 Å². The van der Waals surface area contributed by atoms with Crippen LogP contribution >= 0.6 is 11.6 Å². The number of nitrogens with one attached hydrogen (secondary N) is 1. The molecule has 0 radical (unpaired) electrons. The molecule has 1 fully saturated rings. The molecule has 3 aromatic rings. The van der Waals surface area contributed by atoms with Crippen LogP contribution in [0.5, 0.6) is 0 Å². The molecule has 1 atom stereocenters. The molecule has 10 heteroatoms. The molecule has 0 saturated carbocycles. The predicted octanol–water partition coefficient (Wildman–Crippen LogP) is 1.23. The van der Waals surface area contributed by atoms with Gasteiger partial charge in [-0.15, -0.1) is 5.10 Å². The van der Waals surface area contributed by atoms with Crippen LogP contribution < -0.4 is 4.90 Å². The van der Waals surface area contributed by atoms with Gasteiger partial charge in [-0.25, -0.2) is 0 Å². The molecule has 1 aliphatic rings. The number of morpholine rings is 1. The highest BCUT2D eigenvalue weighted by molar-refractivity contribution is 6.30. The normalized spacial score (nSPS) is 16.0. The summed E-state index contributed by atoms with van der Waals surface area (Å²) in [5.41, 5.74) is 1.71. The fourth-order valence-corrected chi connectivity index (χ4v) is 3.63. The molecule has 9 nitrogen and oxygen atoms in total. The Kier molecular flexibility index (Phi) is 5.29. The summed E-state index contributed by atoms with van der Waals surface area (Å²) in [5.74, 6) is 0.646. The number of nitro groups is 1. The minimum Gasteiger partial charge on any atom is -0.370 e. The third kappa shape index (κ3) is 3.72. The number of benzene rings is 2. The van der Waals surface area contributed by atoms with E-state index in [9.17, 15) is 10.1 Å². The Hall–Kier alpha value is -2.88. The first-order valence-electron chi connectivity index (χ1n) is 8.84. The van der Waals surface area contributed by atoms with Crippen molar-refractivity contribution in [3.8, 4) is 5.69 Å². The Labute approximate surface area is 165 Å². The quantitative estimate of drug-likeness (QED) is 0.509. The molecule has 0 aliphatic carbocycles. The molecule has 1 N–H and O–H groups in total. The topological polar surface area (TPSA) is 100 Å². The molecule has 0 spiro atoms. The van der Waals surface area contributed by atoms with E-state index >= 15 is 0 Å². The SMILES string of the molecule is O=[N+]([O-])c1ccc([C@@H](c2nnnn2-c2cccc(Cl)c2)[NH+]2CCOCC2)cc1. The molecule has 1 aromatic heterocycles. The number of nitrogens with zero attached hydrogens (tertiary/aromatic N) is 5. The van der Waals surface area contributed by atoms with E-state index in [1.54, 1.807) is 28.9 Å². The van der Waals surface area contributed by atoms with Gasteiger partial charge in [0.25, 0.3) is 5.69 Å². The van der Waals surface area contributed by atoms with Crippen molar-refractivity contribution in [3.05, 3.63) is 75.1 Å². The summed E-state index contributed by atoms with van der Waals surface area (Å²) in [5, 5.41) is 23.9. The van der Waals surface area contributed by atoms with Crippen molar-refractivity contribution in [2.75, 3.05) is 26.3 Å². The summed E-state index contributed by atoms with van der Waals surface area (Å²) >= 11 is 6.14. The smallest absolute Gasteiger partial charge is 0.269 e. The van der Waals surface area contributed by atoms with Crippen LogP contribution in [0.4, 0.5) is 5.69 Å². The molecule has 28 heavy (non-hydrogen) atoms. The zero-order chi connectivity index (χ0) is 19.5. The standard InChI is InChI=1S/C18H17ClN6O3/c19-14-2-1-3-16(12-14)24-18(20-21-22-24)17(23-8-10-28-11-9-23)13-4-6-15(7-5-13)25(26)27/h1-7,12,17H,8-11H2/p+1/t17-/m0/s1. The van der Waals surface area contributed by atoms with Crippen molar-refractivity contribution in [3.63, 3.8) is 0 Å². The number of quaternary nitrogens is 1. The van der Waals surface area contributed by atoms with Crippen molar-refractivity contribution < 1.29 is 14.6 Å². The van der Waals surface area contributed by atoms with Crippen LogP contribution in [-0.2, 0) is 4.74 Å². The van der Waals surface area contributed by atoms with E-state index in [1.165, 1.54) is 17.0 Å². The Morgan fingerprint density at radius 2 is 1.93 bits per heavy atom. The number of halogens is 1. The number of non-ortho nitro benzene ring substituents is 1. The monoisotopic (exact) mass is 401 g/mol. The third-order valence-electron chi connectivity index (χ3n) is 4.79. The van der Waals surface area contributed by atoms with Crippen LogP contribution in [0.15, 0.2) is 48.5 Å². The highest BCUT2D eigenvalue weighted by Crippen LogP contribution is 2.23. The second-order valence-electron chi connectivity index (χ2n) is 6.48. The highest BCUT2D eigenvalue weighted by Gasteiger charge is 2.33. The second-order valence-corrected chi connectivity index (χ2v) is 6.92. The van der Waals surface area contributed by atoms with Gasteiger partial charge in [0.2, 0.25) is 5.82 Å². The lowest BCUT2D eigenvalue weighted by Gasteiger charge is -2.30. The summed E-state index contributed by atoms with van der Waals surface area (Å²) in [7, 11) is 0. The van der Waals surface area contributed by atoms with Gasteiger partial charge in [0, 0.05) is 22.7 Å². The van der Waals surface area contributed by atoms with Crippen LogP contribution in [0.1, 0.15) is 17.4 Å². The zero-order valence-electron chi connectivity index (χ0n) is 14.9. The average molecular weight is 402 g/mol. The van der Waals surface area contributed by atoms with Crippen molar-refractivity contribution in [1.82, 2.24) is 20.2 Å². The van der Waals surface area contributed by atoms with E-state index in [2.05, 4.69) is 15.5 Å². The maximum atomic E-state index is 11.0. The molecule has 1 aliphatic heterocycles. The minimum atomic E-state index is -0.406. The molecule has 2 aromatic carbocycles. The van der Waals surface area contributed by atoms with E-state index in [4.69, 9.17) is 16.3 Å². The Balaban J connectivity index is 1.78. The van der Waals surface area contributed by atoms with E-state index in [0.717, 1.165) is 24.3 Å². The van der Waals surface area contributed by atoms with Crippen molar-refractivity contribution in [2.24, 2.45) is 0 Å². The first kappa shape index (κ1) is 18.5. The van der Waals surface area contributed by atoms with Crippen molar-refractivity contribution in [2.45, 2.75) is 6.04 Å². The first-order chi connectivity index (χ1) is 13.6. The molecular weight excluding hydrogens is 384 g/mol. The van der Waals surface area contributed by atoms with Gasteiger partial charge in [-0.05, 0) is 40.8 Å². The largest absolute Gasteiger partial charge is 0.370 e. The van der Waals surface area contributed by atoms with E-state index in [-0.39, 0.29) is 11.7 Å². The van der Waals surface area contributed by atoms with Crippen molar-refractivity contribution in [1.29, 1.82) is 0 Å². The molecule has 1 saturated heterocycles. The number of rotatable bonds is 5. The van der Waals surface area contributed by atoms with Crippen molar-refractivity contribution >= 4 is 17.3 Å². The Bertz CT molecular complexity index is 971. The van der Waals surface area contributed by atoms with Gasteiger partial charge in [-0.3, -0.25) is 10.1 Å². The Morgan fingerprint density at radius 1 is 1.18 bits per heavy atom. The Morgan fingerprint density at radius 3 is 2.61 bits per heavy atom. The predicted molar refractivity (Wildman–Crippen MR) is 101 cm³/mol. The van der Waals surface area contributed by atoms with Gasteiger partial charge >= 0.3 is 0 Å². The molecule has 4 rings (SSSR count). The van der Waals surface area contributed by atoms with E-state index < -0.39 is 4.92 Å². The molecule has 0 amide bonds. The number of aromatic nitrogens is 4. The van der Waals surface area contributed by atoms with Gasteiger partial charge in [-0.2, -0.15) is 4.68 Å². The van der Waals surface area contributed by atoms with Crippen LogP contribution in [0.25, 0.3) is 5.69 Å². The maximum Gasteiger partial charge on any atom is 0.269 e. The van der Waals surface area contributed by atoms with Crippen LogP contribution in [0, 0.1) is 10.1 Å². The number of tetrazole rings is 1. The lowest BCUT2D eigenvalue weighted by atomic mass is 10.0. The van der Waals surface area contributed by atoms with Gasteiger partial charge in [0.05, 0.1) is 23.8 Å². The first-order valence-corrected chi connectivity index (χ1v) is 9.22. The number of ether oxygens (including phenoxy) is 1. The summed E-state index contributed by atoms with van der Waals surface area (Å²) in [6.07, 6.45) is 0. The van der Waals surface area contributed by atoms with Crippen LogP contribution in [0.3, 0.4) is 0 Å². The second kappa shape index (κ2) is 8.01. The van der Waals surface area contributed by atoms with Gasteiger partial charge in [0.15, 0.2) is 6.04 Å². The minimum absolute atomic E-state index is 0.0499. The lowest BCUT2D eigenvalue weighted by molar-refractivity contribution is -0.933. The number of nitro benzene ring substituents is 1. The van der Waals surface area contributed by atoms with Crippen LogP contribution in [0.2, 0.25) is 5.02 Å². The van der Waals surface area contributed by atoms with Gasteiger partial charge < -0.3 is 9.64 Å². The summed E-state index contributed by atoms with van der Waals surface area (Å²) in [4.78, 5) is 11.8. The maximum absolute atomic E-state index is 11.0. The molecule has 2 heterocycles. The fraction of sp³-hybridized carbons (Fsp3) is 0.278. The summed E-state index contributed by atoms with van der Waals surface area (Å²) in [6, 6.07) is 13.7. The summed E-state index contributed by atoms with van der Waals surface area (Å²) in [6.45, 7) is 2.84. The molecule has 144 valence electrons. The van der Waals surface area contributed by atoms with Gasteiger partial charge in [-0.1, -0.05) is 17.7 Å². The third-order valence-corrected chi connectivity index (χ3v) is 5.02. The highest BCUT2D eigenvalue weighted by atomic mass is 35.5. The fourth-order valence-electron chi connectivity index (χ4n) is 3.44. The van der Waals surface area contributed by atoms with Gasteiger partial charge in [0.1, 0.15) is 13.1 Å². The average Bonchev–Trinajstić information content (AvgIpc) is 3.19.